The van der Waals surface area contributed by atoms with Gasteiger partial charge in [0.05, 0.1) is 5.69 Å². The van der Waals surface area contributed by atoms with Gasteiger partial charge in [-0.2, -0.15) is 0 Å². The number of carbonyl (C=O) groups excluding carboxylic acids is 1. The highest BCUT2D eigenvalue weighted by Gasteiger charge is 2.26. The number of nitrogens with one attached hydrogen (secondary N) is 1. The number of amides is 1. The molecule has 0 spiro atoms. The van der Waals surface area contributed by atoms with Crippen molar-refractivity contribution in [2.75, 3.05) is 23.3 Å². The Morgan fingerprint density at radius 1 is 1.13 bits per heavy atom. The Hall–Kier alpha value is -1.88. The number of hydrogen-bond donors (Lipinski definition) is 1. The number of rotatable bonds is 3. The van der Waals surface area contributed by atoms with E-state index < -0.39 is 0 Å². The van der Waals surface area contributed by atoms with Gasteiger partial charge in [-0.05, 0) is 43.2 Å². The van der Waals surface area contributed by atoms with Gasteiger partial charge in [-0.25, -0.2) is 4.39 Å². The summed E-state index contributed by atoms with van der Waals surface area (Å²) in [6.07, 6.45) is 1.46. The molecular weight excluding hydrogens is 359 g/mol. The smallest absolute Gasteiger partial charge is 0.227 e. The third-order valence-corrected chi connectivity index (χ3v) is 4.64. The van der Waals surface area contributed by atoms with Gasteiger partial charge in [-0.3, -0.25) is 4.79 Å². The lowest BCUT2D eigenvalue weighted by Gasteiger charge is -2.33. The lowest BCUT2D eigenvalue weighted by Crippen LogP contribution is -2.38. The Kier molecular flexibility index (Phi) is 4.96. The second-order valence-electron chi connectivity index (χ2n) is 5.71. The molecule has 3 nitrogen and oxygen atoms in total. The molecule has 23 heavy (non-hydrogen) atoms. The summed E-state index contributed by atoms with van der Waals surface area (Å²) in [7, 11) is 0. The van der Waals surface area contributed by atoms with Crippen LogP contribution in [0.4, 0.5) is 15.8 Å². The number of piperidine rings is 1. The van der Waals surface area contributed by atoms with E-state index in [2.05, 4.69) is 21.2 Å². The number of benzene rings is 2. The average molecular weight is 377 g/mol. The number of anilines is 2. The van der Waals surface area contributed by atoms with Crippen LogP contribution in [-0.2, 0) is 4.79 Å². The molecule has 2 aromatic rings. The van der Waals surface area contributed by atoms with Crippen LogP contribution in [0, 0.1) is 11.7 Å². The van der Waals surface area contributed by atoms with Crippen molar-refractivity contribution in [3.63, 3.8) is 0 Å². The highest BCUT2D eigenvalue weighted by Crippen LogP contribution is 2.26. The lowest BCUT2D eigenvalue weighted by molar-refractivity contribution is -0.120. The minimum atomic E-state index is -0.204. The van der Waals surface area contributed by atoms with Crippen LogP contribution in [0.1, 0.15) is 12.8 Å². The molecule has 1 amide bonds. The summed E-state index contributed by atoms with van der Waals surface area (Å²) in [4.78, 5) is 14.4. The van der Waals surface area contributed by atoms with Crippen molar-refractivity contribution in [1.82, 2.24) is 0 Å². The van der Waals surface area contributed by atoms with Gasteiger partial charge in [0.25, 0.3) is 0 Å². The largest absolute Gasteiger partial charge is 0.369 e. The fraction of sp³-hybridized carbons (Fsp3) is 0.278. The lowest BCUT2D eigenvalue weighted by atomic mass is 9.95. The van der Waals surface area contributed by atoms with Crippen molar-refractivity contribution < 1.29 is 9.18 Å². The van der Waals surface area contributed by atoms with Gasteiger partial charge in [-0.1, -0.05) is 34.1 Å². The Morgan fingerprint density at radius 3 is 2.57 bits per heavy atom. The summed E-state index contributed by atoms with van der Waals surface area (Å²) >= 11 is 3.40. The van der Waals surface area contributed by atoms with E-state index in [4.69, 9.17) is 0 Å². The number of nitrogens with zero attached hydrogens (tertiary/aromatic N) is 1. The van der Waals surface area contributed by atoms with Crippen molar-refractivity contribution >= 4 is 33.2 Å². The molecule has 0 bridgehead atoms. The maximum absolute atomic E-state index is 13.8. The number of para-hydroxylation sites is 1. The summed E-state index contributed by atoms with van der Waals surface area (Å²) in [6.45, 7) is 1.38. The van der Waals surface area contributed by atoms with Gasteiger partial charge in [0, 0.05) is 29.2 Å². The molecule has 5 heteroatoms. The van der Waals surface area contributed by atoms with E-state index in [1.54, 1.807) is 12.1 Å². The molecule has 1 N–H and O–H groups in total. The van der Waals surface area contributed by atoms with E-state index in [0.717, 1.165) is 23.0 Å². The molecule has 1 saturated heterocycles. The summed E-state index contributed by atoms with van der Waals surface area (Å²) in [6, 6.07) is 14.4. The molecule has 0 radical (unpaired) electrons. The molecular formula is C18H18BrFN2O. The molecule has 0 saturated carbocycles. The predicted molar refractivity (Wildman–Crippen MR) is 94.1 cm³/mol. The van der Waals surface area contributed by atoms with E-state index in [9.17, 15) is 9.18 Å². The molecule has 1 aliphatic heterocycles. The fourth-order valence-electron chi connectivity index (χ4n) is 2.90. The first-order chi connectivity index (χ1) is 11.1. The van der Waals surface area contributed by atoms with Crippen LogP contribution in [0.15, 0.2) is 53.0 Å². The normalized spacial score (nSPS) is 15.5. The van der Waals surface area contributed by atoms with Gasteiger partial charge < -0.3 is 10.2 Å². The predicted octanol–water partition coefficient (Wildman–Crippen LogP) is 4.44. The van der Waals surface area contributed by atoms with E-state index in [1.165, 1.54) is 6.07 Å². The van der Waals surface area contributed by atoms with Crippen molar-refractivity contribution in [2.45, 2.75) is 12.8 Å². The monoisotopic (exact) mass is 376 g/mol. The Bertz CT molecular complexity index is 699. The van der Waals surface area contributed by atoms with E-state index in [-0.39, 0.29) is 17.6 Å². The van der Waals surface area contributed by atoms with E-state index >= 15 is 0 Å². The number of hydrogen-bond acceptors (Lipinski definition) is 2. The molecule has 2 aromatic carbocycles. The summed E-state index contributed by atoms with van der Waals surface area (Å²) in [5.41, 5.74) is 1.42. The highest BCUT2D eigenvalue weighted by atomic mass is 79.9. The summed E-state index contributed by atoms with van der Waals surface area (Å²) < 4.78 is 14.8. The molecule has 3 rings (SSSR count). The van der Waals surface area contributed by atoms with E-state index in [0.29, 0.717) is 18.8 Å². The standard InChI is InChI=1S/C18H18BrFN2O/c19-14-4-3-5-15(12-14)21-18(23)13-8-10-22(11-9-13)17-7-2-1-6-16(17)20/h1-7,12-13H,8-11H2,(H,21,23). The minimum Gasteiger partial charge on any atom is -0.369 e. The first kappa shape index (κ1) is 16.0. The van der Waals surface area contributed by atoms with Crippen molar-refractivity contribution in [3.05, 3.63) is 58.8 Å². The molecule has 1 aliphatic rings. The first-order valence-corrected chi connectivity index (χ1v) is 8.49. The molecule has 0 aliphatic carbocycles. The van der Waals surface area contributed by atoms with Crippen molar-refractivity contribution in [3.8, 4) is 0 Å². The van der Waals surface area contributed by atoms with Crippen LogP contribution in [0.5, 0.6) is 0 Å². The Labute approximate surface area is 143 Å². The molecule has 120 valence electrons. The van der Waals surface area contributed by atoms with Gasteiger partial charge in [0.15, 0.2) is 0 Å². The zero-order chi connectivity index (χ0) is 16.2. The zero-order valence-electron chi connectivity index (χ0n) is 12.6. The molecule has 0 atom stereocenters. The average Bonchev–Trinajstić information content (AvgIpc) is 2.55. The van der Waals surface area contributed by atoms with Crippen LogP contribution < -0.4 is 10.2 Å². The van der Waals surface area contributed by atoms with Crippen LogP contribution in [0.25, 0.3) is 0 Å². The molecule has 0 aromatic heterocycles. The molecule has 0 unspecified atom stereocenters. The van der Waals surface area contributed by atoms with Crippen LogP contribution >= 0.6 is 15.9 Å². The maximum Gasteiger partial charge on any atom is 0.227 e. The first-order valence-electron chi connectivity index (χ1n) is 7.69. The van der Waals surface area contributed by atoms with Crippen molar-refractivity contribution in [2.24, 2.45) is 5.92 Å². The third-order valence-electron chi connectivity index (χ3n) is 4.15. The van der Waals surface area contributed by atoms with Crippen LogP contribution in [0.3, 0.4) is 0 Å². The van der Waals surface area contributed by atoms with Crippen LogP contribution in [0.2, 0.25) is 0 Å². The second kappa shape index (κ2) is 7.13. The SMILES string of the molecule is O=C(Nc1cccc(Br)c1)C1CCN(c2ccccc2F)CC1. The number of carbonyl (C=O) groups is 1. The maximum atomic E-state index is 13.8. The molecule has 1 heterocycles. The topological polar surface area (TPSA) is 32.3 Å². The third kappa shape index (κ3) is 3.91. The van der Waals surface area contributed by atoms with Gasteiger partial charge >= 0.3 is 0 Å². The zero-order valence-corrected chi connectivity index (χ0v) is 14.2. The summed E-state index contributed by atoms with van der Waals surface area (Å²) in [5, 5.41) is 2.96. The Morgan fingerprint density at radius 2 is 1.87 bits per heavy atom. The van der Waals surface area contributed by atoms with Crippen molar-refractivity contribution in [1.29, 1.82) is 0 Å². The molecule has 1 fully saturated rings. The quantitative estimate of drug-likeness (QED) is 0.858. The van der Waals surface area contributed by atoms with Gasteiger partial charge in [-0.15, -0.1) is 0 Å². The fourth-order valence-corrected chi connectivity index (χ4v) is 3.30. The van der Waals surface area contributed by atoms with E-state index in [1.807, 2.05) is 35.2 Å². The van der Waals surface area contributed by atoms with Crippen LogP contribution in [-0.4, -0.2) is 19.0 Å². The second-order valence-corrected chi connectivity index (χ2v) is 6.63. The van der Waals surface area contributed by atoms with Gasteiger partial charge in [0.1, 0.15) is 5.82 Å². The van der Waals surface area contributed by atoms with Gasteiger partial charge in [0.2, 0.25) is 5.91 Å². The highest BCUT2D eigenvalue weighted by molar-refractivity contribution is 9.10. The minimum absolute atomic E-state index is 0.0306. The number of halogens is 2. The Balaban J connectivity index is 1.58. The summed E-state index contributed by atoms with van der Waals surface area (Å²) in [5.74, 6) is -0.196.